The minimum Gasteiger partial charge on any atom is -0.598 e. The van der Waals surface area contributed by atoms with Crippen molar-refractivity contribution >= 4 is 19.7 Å². The van der Waals surface area contributed by atoms with Gasteiger partial charge in [-0.25, -0.2) is 0 Å². The Hall–Kier alpha value is -0.493. The fraction of sp³-hybridized carbons (Fsp3) is 0.700. The lowest BCUT2D eigenvalue weighted by Crippen LogP contribution is -2.43. The lowest BCUT2D eigenvalue weighted by atomic mass is 10.1. The van der Waals surface area contributed by atoms with E-state index in [1.807, 2.05) is 20.8 Å². The van der Waals surface area contributed by atoms with Crippen molar-refractivity contribution in [2.24, 2.45) is 0 Å². The molecule has 0 fully saturated rings. The van der Waals surface area contributed by atoms with Crippen LogP contribution in [0.25, 0.3) is 0 Å². The Morgan fingerprint density at radius 2 is 1.56 bits per heavy atom. The molecule has 5 heteroatoms. The average Bonchev–Trinajstić information content (AvgIpc) is 2.46. The number of nitrogens with one attached hydrogen (secondary N) is 1. The molecule has 0 aliphatic rings. The zero-order chi connectivity index (χ0) is 19.3. The predicted molar refractivity (Wildman–Crippen MR) is 113 cm³/mol. The van der Waals surface area contributed by atoms with Crippen LogP contribution in [0.4, 0.5) is 0 Å². The molecule has 1 unspecified atom stereocenters. The molecule has 1 aromatic carbocycles. The summed E-state index contributed by atoms with van der Waals surface area (Å²) in [5.41, 5.74) is 1.33. The Labute approximate surface area is 159 Å². The summed E-state index contributed by atoms with van der Waals surface area (Å²) in [6.07, 6.45) is 3.17. The van der Waals surface area contributed by atoms with Crippen molar-refractivity contribution in [3.05, 3.63) is 29.8 Å². The van der Waals surface area contributed by atoms with E-state index in [4.69, 9.17) is 4.43 Å². The molecule has 1 atom stereocenters. The Bertz CT molecular complexity index is 518. The first-order chi connectivity index (χ1) is 11.3. The fourth-order valence-electron chi connectivity index (χ4n) is 2.01. The summed E-state index contributed by atoms with van der Waals surface area (Å²) in [6, 6.07) is 8.54. The van der Waals surface area contributed by atoms with Crippen LogP contribution in [-0.2, 0) is 17.8 Å². The van der Waals surface area contributed by atoms with Crippen molar-refractivity contribution in [3.8, 4) is 5.75 Å². The Balaban J connectivity index is 2.38. The standard InChI is InChI=1S/C20H37NO2SSi/c1-19(2,3)24(22)21-16-10-9-11-17-12-14-18(15-13-17)23-25(7,8)20(4,5)6/h12-15,21H,9-11,16H2,1-8H3. The minimum absolute atomic E-state index is 0.194. The lowest BCUT2D eigenvalue weighted by Gasteiger charge is -2.36. The van der Waals surface area contributed by atoms with Crippen LogP contribution in [0.15, 0.2) is 24.3 Å². The third-order valence-electron chi connectivity index (χ3n) is 4.78. The summed E-state index contributed by atoms with van der Waals surface area (Å²) in [5.74, 6) is 0.984. The van der Waals surface area contributed by atoms with Gasteiger partial charge in [-0.05, 0) is 75.9 Å². The first-order valence-electron chi connectivity index (χ1n) is 9.26. The molecule has 144 valence electrons. The molecule has 0 radical (unpaired) electrons. The molecule has 1 rings (SSSR count). The number of unbranched alkanes of at least 4 members (excludes halogenated alkanes) is 1. The van der Waals surface area contributed by atoms with Crippen LogP contribution in [0.2, 0.25) is 18.1 Å². The summed E-state index contributed by atoms with van der Waals surface area (Å²) in [7, 11) is -1.76. The van der Waals surface area contributed by atoms with Crippen LogP contribution in [0.5, 0.6) is 5.75 Å². The zero-order valence-corrected chi connectivity index (χ0v) is 19.2. The molecule has 0 spiro atoms. The second-order valence-electron chi connectivity index (χ2n) is 9.24. The molecular formula is C20H37NO2SSi. The highest BCUT2D eigenvalue weighted by Crippen LogP contribution is 2.37. The number of hydrogen-bond acceptors (Lipinski definition) is 3. The Morgan fingerprint density at radius 3 is 2.04 bits per heavy atom. The van der Waals surface area contributed by atoms with Crippen molar-refractivity contribution < 1.29 is 8.98 Å². The molecule has 0 aliphatic carbocycles. The summed E-state index contributed by atoms with van der Waals surface area (Å²) >= 11 is -0.968. The Morgan fingerprint density at radius 1 is 1.00 bits per heavy atom. The van der Waals surface area contributed by atoms with Gasteiger partial charge in [0.2, 0.25) is 8.32 Å². The number of benzene rings is 1. The number of rotatable bonds is 8. The van der Waals surface area contributed by atoms with E-state index in [1.54, 1.807) is 0 Å². The van der Waals surface area contributed by atoms with E-state index < -0.39 is 19.7 Å². The van der Waals surface area contributed by atoms with Gasteiger partial charge in [0.25, 0.3) is 0 Å². The molecule has 0 bridgehead atoms. The molecule has 0 aliphatic heterocycles. The maximum absolute atomic E-state index is 11.9. The van der Waals surface area contributed by atoms with E-state index in [-0.39, 0.29) is 9.79 Å². The molecule has 0 saturated carbocycles. The van der Waals surface area contributed by atoms with E-state index in [1.165, 1.54) is 5.56 Å². The minimum atomic E-state index is -1.76. The van der Waals surface area contributed by atoms with Crippen molar-refractivity contribution in [2.45, 2.75) is 83.7 Å². The van der Waals surface area contributed by atoms with Gasteiger partial charge < -0.3 is 8.98 Å². The molecule has 1 aromatic rings. The molecule has 0 amide bonds. The molecule has 25 heavy (non-hydrogen) atoms. The molecular weight excluding hydrogens is 346 g/mol. The van der Waals surface area contributed by atoms with E-state index >= 15 is 0 Å². The topological polar surface area (TPSA) is 44.3 Å². The highest BCUT2D eigenvalue weighted by molar-refractivity contribution is 7.90. The van der Waals surface area contributed by atoms with Gasteiger partial charge in [0.05, 0.1) is 0 Å². The second kappa shape index (κ2) is 8.93. The molecule has 1 N–H and O–H groups in total. The summed E-state index contributed by atoms with van der Waals surface area (Å²) < 4.78 is 21.1. The van der Waals surface area contributed by atoms with E-state index in [0.29, 0.717) is 0 Å². The van der Waals surface area contributed by atoms with Gasteiger partial charge >= 0.3 is 0 Å². The van der Waals surface area contributed by atoms with Crippen molar-refractivity contribution in [1.29, 1.82) is 0 Å². The van der Waals surface area contributed by atoms with E-state index in [9.17, 15) is 4.55 Å². The highest BCUT2D eigenvalue weighted by Gasteiger charge is 2.38. The summed E-state index contributed by atoms with van der Waals surface area (Å²) in [6.45, 7) is 18.1. The van der Waals surface area contributed by atoms with Gasteiger partial charge in [0.1, 0.15) is 10.5 Å². The number of aryl methyl sites for hydroxylation is 1. The van der Waals surface area contributed by atoms with Crippen LogP contribution in [0.1, 0.15) is 59.9 Å². The van der Waals surface area contributed by atoms with Crippen LogP contribution < -0.4 is 9.15 Å². The monoisotopic (exact) mass is 383 g/mol. The van der Waals surface area contributed by atoms with Gasteiger partial charge in [0.15, 0.2) is 0 Å². The molecule has 0 saturated heterocycles. The van der Waals surface area contributed by atoms with Gasteiger partial charge in [0, 0.05) is 17.9 Å². The number of hydrogen-bond donors (Lipinski definition) is 1. The van der Waals surface area contributed by atoms with Crippen LogP contribution in [-0.4, -0.2) is 24.2 Å². The summed E-state index contributed by atoms with van der Waals surface area (Å²) in [5, 5.41) is 0.214. The summed E-state index contributed by atoms with van der Waals surface area (Å²) in [4.78, 5) is 0. The third kappa shape index (κ3) is 7.73. The van der Waals surface area contributed by atoms with Gasteiger partial charge in [-0.15, -0.1) is 4.72 Å². The first kappa shape index (κ1) is 22.5. The molecule has 0 aromatic heterocycles. The predicted octanol–water partition coefficient (Wildman–Crippen LogP) is 5.45. The largest absolute Gasteiger partial charge is 0.598 e. The van der Waals surface area contributed by atoms with E-state index in [2.05, 4.69) is 62.9 Å². The van der Waals surface area contributed by atoms with Crippen LogP contribution >= 0.6 is 0 Å². The van der Waals surface area contributed by atoms with Crippen LogP contribution in [0.3, 0.4) is 0 Å². The average molecular weight is 384 g/mol. The quantitative estimate of drug-likeness (QED) is 0.369. The zero-order valence-electron chi connectivity index (χ0n) is 17.4. The van der Waals surface area contributed by atoms with Crippen LogP contribution in [0, 0.1) is 0 Å². The first-order valence-corrected chi connectivity index (χ1v) is 13.3. The maximum atomic E-state index is 11.9. The fourth-order valence-corrected chi connectivity index (χ4v) is 3.80. The van der Waals surface area contributed by atoms with Gasteiger partial charge in [-0.2, -0.15) is 0 Å². The Kier molecular flexibility index (Phi) is 8.06. The van der Waals surface area contributed by atoms with Crippen molar-refractivity contribution in [3.63, 3.8) is 0 Å². The SMILES string of the molecule is CC(C)(C)[S+]([O-])NCCCCc1ccc(O[Si](C)(C)C(C)(C)C)cc1. The second-order valence-corrected chi connectivity index (χ2v) is 16.0. The molecule has 0 heterocycles. The van der Waals surface area contributed by atoms with Crippen molar-refractivity contribution in [2.75, 3.05) is 6.54 Å². The smallest absolute Gasteiger partial charge is 0.250 e. The van der Waals surface area contributed by atoms with E-state index in [0.717, 1.165) is 31.6 Å². The molecule has 3 nitrogen and oxygen atoms in total. The van der Waals surface area contributed by atoms with Crippen molar-refractivity contribution in [1.82, 2.24) is 4.72 Å². The van der Waals surface area contributed by atoms with Gasteiger partial charge in [-0.1, -0.05) is 32.9 Å². The highest BCUT2D eigenvalue weighted by atomic mass is 32.2. The normalized spacial score (nSPS) is 14.4. The van der Waals surface area contributed by atoms with Gasteiger partial charge in [-0.3, -0.25) is 0 Å². The third-order valence-corrected chi connectivity index (χ3v) is 10.7. The lowest BCUT2D eigenvalue weighted by molar-refractivity contribution is 0.492. The maximum Gasteiger partial charge on any atom is 0.250 e.